The fourth-order valence-corrected chi connectivity index (χ4v) is 5.25. The monoisotopic (exact) mass is 557 g/mol. The molecule has 39 heavy (non-hydrogen) atoms. The highest BCUT2D eigenvalue weighted by molar-refractivity contribution is 6.30. The van der Waals surface area contributed by atoms with Crippen molar-refractivity contribution in [2.75, 3.05) is 44.2 Å². The Bertz CT molecular complexity index is 1280. The summed E-state index contributed by atoms with van der Waals surface area (Å²) >= 11 is 5.96. The van der Waals surface area contributed by atoms with E-state index in [1.54, 1.807) is 30.3 Å². The molecule has 2 atom stereocenters. The maximum absolute atomic E-state index is 13.6. The Labute approximate surface area is 232 Å². The van der Waals surface area contributed by atoms with Crippen LogP contribution < -0.4 is 9.64 Å². The van der Waals surface area contributed by atoms with E-state index in [9.17, 15) is 13.2 Å². The molecule has 2 aliphatic heterocycles. The molecule has 2 saturated heterocycles. The number of hydrogen-bond acceptors (Lipinski definition) is 5. The molecule has 3 aromatic carbocycles. The van der Waals surface area contributed by atoms with Crippen LogP contribution in [0.3, 0.4) is 0 Å². The molecule has 0 spiro atoms. The zero-order valence-corrected chi connectivity index (χ0v) is 22.5. The van der Waals surface area contributed by atoms with Crippen molar-refractivity contribution in [3.05, 3.63) is 101 Å². The smallest absolute Gasteiger partial charge is 0.416 e. The number of hydrogen-bond donors (Lipinski definition) is 0. The lowest BCUT2D eigenvalue weighted by Crippen LogP contribution is -2.44. The molecule has 0 N–H and O–H groups in total. The van der Waals surface area contributed by atoms with Crippen molar-refractivity contribution >= 4 is 17.3 Å². The first kappa shape index (κ1) is 27.4. The number of benzene rings is 3. The van der Waals surface area contributed by atoms with Gasteiger partial charge in [0, 0.05) is 43.4 Å². The van der Waals surface area contributed by atoms with Crippen LogP contribution in [0, 0.1) is 0 Å². The van der Waals surface area contributed by atoms with Crippen molar-refractivity contribution in [1.29, 1.82) is 0 Å². The first-order valence-corrected chi connectivity index (χ1v) is 13.3. The van der Waals surface area contributed by atoms with Gasteiger partial charge in [-0.1, -0.05) is 30.3 Å². The average Bonchev–Trinajstić information content (AvgIpc) is 3.25. The van der Waals surface area contributed by atoms with Crippen molar-refractivity contribution < 1.29 is 22.6 Å². The molecule has 206 valence electrons. The molecule has 2 unspecified atom stereocenters. The minimum Gasteiger partial charge on any atom is -0.457 e. The highest BCUT2D eigenvalue weighted by atomic mass is 35.5. The van der Waals surface area contributed by atoms with Gasteiger partial charge in [-0.3, -0.25) is 4.90 Å². The third-order valence-electron chi connectivity index (χ3n) is 7.12. The molecule has 2 fully saturated rings. The molecule has 0 bridgehead atoms. The Hall–Kier alpha value is -3.20. The Kier molecular flexibility index (Phi) is 8.07. The van der Waals surface area contributed by atoms with Crippen LogP contribution in [0.1, 0.15) is 24.1 Å². The lowest BCUT2D eigenvalue weighted by atomic mass is 10.0. The molecule has 5 rings (SSSR count). The molecule has 0 radical (unpaired) electrons. The van der Waals surface area contributed by atoms with E-state index in [4.69, 9.17) is 21.1 Å². The Morgan fingerprint density at radius 1 is 0.974 bits per heavy atom. The van der Waals surface area contributed by atoms with E-state index in [2.05, 4.69) is 23.3 Å². The molecular weight excluding hydrogens is 527 g/mol. The van der Waals surface area contributed by atoms with Gasteiger partial charge in [0.05, 0.1) is 24.3 Å². The first-order valence-electron chi connectivity index (χ1n) is 12.9. The number of morpholine rings is 1. The zero-order chi connectivity index (χ0) is 27.6. The van der Waals surface area contributed by atoms with Crippen LogP contribution in [0.5, 0.6) is 11.5 Å². The fraction of sp³-hybridized carbons (Fsp3) is 0.333. The summed E-state index contributed by atoms with van der Waals surface area (Å²) in [6.45, 7) is 10.9. The summed E-state index contributed by atoms with van der Waals surface area (Å²) in [7, 11) is 0. The minimum absolute atomic E-state index is 0.184. The van der Waals surface area contributed by atoms with Crippen molar-refractivity contribution in [3.63, 3.8) is 0 Å². The Morgan fingerprint density at radius 3 is 2.33 bits per heavy atom. The van der Waals surface area contributed by atoms with Gasteiger partial charge in [-0.05, 0) is 73.2 Å². The van der Waals surface area contributed by atoms with Gasteiger partial charge in [0.25, 0.3) is 0 Å². The van der Waals surface area contributed by atoms with Crippen LogP contribution in [-0.4, -0.2) is 55.2 Å². The van der Waals surface area contributed by atoms with E-state index in [1.165, 1.54) is 12.1 Å². The number of alkyl halides is 3. The summed E-state index contributed by atoms with van der Waals surface area (Å²) in [5, 5.41) is 0.624. The molecule has 0 saturated carbocycles. The van der Waals surface area contributed by atoms with Crippen LogP contribution >= 0.6 is 11.6 Å². The third-order valence-corrected chi connectivity index (χ3v) is 7.37. The van der Waals surface area contributed by atoms with Crippen molar-refractivity contribution in [2.45, 2.75) is 25.2 Å². The second-order valence-electron chi connectivity index (χ2n) is 9.90. The number of nitrogens with zero attached hydrogens (tertiary/aromatic N) is 3. The number of rotatable bonds is 7. The molecule has 2 heterocycles. The van der Waals surface area contributed by atoms with Gasteiger partial charge in [-0.25, -0.2) is 0 Å². The summed E-state index contributed by atoms with van der Waals surface area (Å²) in [6, 6.07) is 19.8. The van der Waals surface area contributed by atoms with Gasteiger partial charge in [-0.15, -0.1) is 0 Å². The highest BCUT2D eigenvalue weighted by Crippen LogP contribution is 2.41. The quantitative estimate of drug-likeness (QED) is 0.306. The molecule has 3 aromatic rings. The normalized spacial score (nSPS) is 20.5. The zero-order valence-electron chi connectivity index (χ0n) is 21.7. The lowest BCUT2D eigenvalue weighted by Gasteiger charge is -2.33. The molecule has 0 aliphatic carbocycles. The molecule has 5 nitrogen and oxygen atoms in total. The number of anilines is 1. The molecular formula is C30H31ClF3N3O2. The average molecular weight is 558 g/mol. The maximum atomic E-state index is 13.6. The van der Waals surface area contributed by atoms with Crippen LogP contribution in [0.2, 0.25) is 5.02 Å². The lowest BCUT2D eigenvalue weighted by molar-refractivity contribution is -0.137. The van der Waals surface area contributed by atoms with E-state index in [0.29, 0.717) is 35.2 Å². The summed E-state index contributed by atoms with van der Waals surface area (Å²) < 4.78 is 52.2. The van der Waals surface area contributed by atoms with E-state index in [1.807, 2.05) is 29.2 Å². The van der Waals surface area contributed by atoms with Gasteiger partial charge >= 0.3 is 6.18 Å². The third kappa shape index (κ3) is 6.52. The van der Waals surface area contributed by atoms with Gasteiger partial charge in [-0.2, -0.15) is 13.2 Å². The Balaban J connectivity index is 1.39. The first-order chi connectivity index (χ1) is 18.7. The van der Waals surface area contributed by atoms with Gasteiger partial charge in [0.1, 0.15) is 17.3 Å². The summed E-state index contributed by atoms with van der Waals surface area (Å²) in [5.41, 5.74) is 0.765. The van der Waals surface area contributed by atoms with Crippen molar-refractivity contribution in [3.8, 4) is 11.5 Å². The van der Waals surface area contributed by atoms with Crippen molar-refractivity contribution in [1.82, 2.24) is 9.80 Å². The fourth-order valence-electron chi connectivity index (χ4n) is 5.12. The SMILES string of the molecule is C=C1N(CCN2CCOC(C)C2)CC(c2cccc(C(F)(F)F)c2)N1c1ccc(Oc2ccc(Cl)cc2)cc1. The number of halogens is 4. The summed E-state index contributed by atoms with van der Waals surface area (Å²) in [6.07, 6.45) is -4.23. The van der Waals surface area contributed by atoms with E-state index < -0.39 is 11.7 Å². The molecule has 9 heteroatoms. The summed E-state index contributed by atoms with van der Waals surface area (Å²) in [4.78, 5) is 6.53. The second kappa shape index (κ2) is 11.5. The Morgan fingerprint density at radius 2 is 1.67 bits per heavy atom. The van der Waals surface area contributed by atoms with Gasteiger partial charge in [0.15, 0.2) is 0 Å². The van der Waals surface area contributed by atoms with Crippen LogP contribution in [0.15, 0.2) is 85.2 Å². The topological polar surface area (TPSA) is 28.2 Å². The second-order valence-corrected chi connectivity index (χ2v) is 10.3. The predicted octanol–water partition coefficient (Wildman–Crippen LogP) is 7.21. The van der Waals surface area contributed by atoms with E-state index in [0.717, 1.165) is 43.8 Å². The summed E-state index contributed by atoms with van der Waals surface area (Å²) in [5.74, 6) is 2.05. The highest BCUT2D eigenvalue weighted by Gasteiger charge is 2.37. The molecule has 0 amide bonds. The molecule has 0 aromatic heterocycles. The number of ether oxygens (including phenoxy) is 2. The van der Waals surface area contributed by atoms with Gasteiger partial charge in [0.2, 0.25) is 0 Å². The van der Waals surface area contributed by atoms with Crippen LogP contribution in [0.25, 0.3) is 0 Å². The van der Waals surface area contributed by atoms with E-state index in [-0.39, 0.29) is 12.1 Å². The molecule has 2 aliphatic rings. The van der Waals surface area contributed by atoms with Crippen molar-refractivity contribution in [2.24, 2.45) is 0 Å². The maximum Gasteiger partial charge on any atom is 0.416 e. The largest absolute Gasteiger partial charge is 0.457 e. The van der Waals surface area contributed by atoms with E-state index >= 15 is 0 Å². The minimum atomic E-state index is -4.41. The van der Waals surface area contributed by atoms with Gasteiger partial charge < -0.3 is 19.3 Å². The predicted molar refractivity (Wildman–Crippen MR) is 147 cm³/mol. The van der Waals surface area contributed by atoms with Crippen LogP contribution in [0.4, 0.5) is 18.9 Å². The standard InChI is InChI=1S/C30H31ClF3N3O2/c1-21-19-35(16-17-38-21)14-15-36-20-29(23-4-3-5-24(18-23)30(32,33)34)37(22(36)2)26-8-12-28(13-9-26)39-27-10-6-25(31)7-11-27/h3-13,18,21,29H,2,14-17,19-20H2,1H3. The van der Waals surface area contributed by atoms with Crippen LogP contribution in [-0.2, 0) is 10.9 Å².